The van der Waals surface area contributed by atoms with Crippen molar-refractivity contribution in [2.24, 2.45) is 10.7 Å². The smallest absolute Gasteiger partial charge is 0.188 e. The van der Waals surface area contributed by atoms with Gasteiger partial charge in [0, 0.05) is 11.4 Å². The first-order valence-electron chi connectivity index (χ1n) is 5.88. The van der Waals surface area contributed by atoms with Crippen molar-refractivity contribution < 1.29 is 0 Å². The molecule has 4 nitrogen and oxygen atoms in total. The Labute approximate surface area is 108 Å². The minimum atomic E-state index is 0.303. The molecule has 1 unspecified atom stereocenters. The first kappa shape index (κ1) is 14.0. The van der Waals surface area contributed by atoms with Gasteiger partial charge in [0.05, 0.1) is 12.6 Å². The minimum absolute atomic E-state index is 0.303. The molecular weight excluding hydrogens is 232 g/mol. The maximum atomic E-state index is 5.79. The highest BCUT2D eigenvalue weighted by Crippen LogP contribution is 2.23. The Hall–Kier alpha value is -1.07. The lowest BCUT2D eigenvalue weighted by atomic mass is 10.2. The monoisotopic (exact) mass is 254 g/mol. The van der Waals surface area contributed by atoms with E-state index in [9.17, 15) is 0 Å². The highest BCUT2D eigenvalue weighted by Gasteiger charge is 2.14. The molecule has 96 valence electrons. The van der Waals surface area contributed by atoms with Gasteiger partial charge in [-0.25, -0.2) is 0 Å². The van der Waals surface area contributed by atoms with Crippen LogP contribution in [0.25, 0.3) is 0 Å². The number of nitrogens with zero attached hydrogens (tertiary/aromatic N) is 2. The predicted octanol–water partition coefficient (Wildman–Crippen LogP) is 1.67. The molecule has 5 heteroatoms. The zero-order chi connectivity index (χ0) is 12.7. The Balaban J connectivity index is 2.56. The second-order valence-corrected chi connectivity index (χ2v) is 5.13. The van der Waals surface area contributed by atoms with Gasteiger partial charge >= 0.3 is 0 Å². The number of thiophene rings is 1. The number of guanidine groups is 1. The zero-order valence-corrected chi connectivity index (χ0v) is 11.6. The summed E-state index contributed by atoms with van der Waals surface area (Å²) in [4.78, 5) is 7.88. The van der Waals surface area contributed by atoms with E-state index in [0.29, 0.717) is 18.5 Å². The van der Waals surface area contributed by atoms with Gasteiger partial charge in [0.2, 0.25) is 0 Å². The van der Waals surface area contributed by atoms with E-state index in [-0.39, 0.29) is 0 Å². The number of likely N-dealkylation sites (N-methyl/N-ethyl adjacent to an activating group) is 1. The highest BCUT2D eigenvalue weighted by atomic mass is 32.1. The van der Waals surface area contributed by atoms with Gasteiger partial charge in [-0.3, -0.25) is 4.99 Å². The molecule has 1 aromatic heterocycles. The quantitative estimate of drug-likeness (QED) is 0.600. The average molecular weight is 254 g/mol. The van der Waals surface area contributed by atoms with Crippen LogP contribution >= 0.6 is 11.3 Å². The summed E-state index contributed by atoms with van der Waals surface area (Å²) in [5.41, 5.74) is 5.79. The Morgan fingerprint density at radius 3 is 2.88 bits per heavy atom. The van der Waals surface area contributed by atoms with Crippen molar-refractivity contribution >= 4 is 17.3 Å². The summed E-state index contributed by atoms with van der Waals surface area (Å²) < 4.78 is 0. The number of rotatable bonds is 6. The first-order valence-corrected chi connectivity index (χ1v) is 6.76. The number of hydrogen-bond donors (Lipinski definition) is 2. The molecule has 0 bridgehead atoms. The van der Waals surface area contributed by atoms with E-state index >= 15 is 0 Å². The van der Waals surface area contributed by atoms with Gasteiger partial charge in [-0.05, 0) is 32.0 Å². The van der Waals surface area contributed by atoms with Crippen LogP contribution in [0.3, 0.4) is 0 Å². The standard InChI is InChI=1S/C12H22N4S/c1-4-7-14-12(13)15-9-10(16(2)3)11-6-5-8-17-11/h5-6,8,10H,4,7,9H2,1-3H3,(H3,13,14,15). The fraction of sp³-hybridized carbons (Fsp3) is 0.583. The molecule has 1 heterocycles. The van der Waals surface area contributed by atoms with Crippen LogP contribution in [-0.4, -0.2) is 38.0 Å². The lowest BCUT2D eigenvalue weighted by molar-refractivity contribution is 0.310. The van der Waals surface area contributed by atoms with Gasteiger partial charge in [0.25, 0.3) is 0 Å². The SMILES string of the molecule is CCCNC(N)=NCC(c1cccs1)N(C)C. The molecule has 1 aromatic rings. The molecule has 1 atom stereocenters. The fourth-order valence-electron chi connectivity index (χ4n) is 1.48. The van der Waals surface area contributed by atoms with E-state index in [1.807, 2.05) is 0 Å². The van der Waals surface area contributed by atoms with Crippen LogP contribution in [0.15, 0.2) is 22.5 Å². The third kappa shape index (κ3) is 4.75. The molecule has 3 N–H and O–H groups in total. The van der Waals surface area contributed by atoms with E-state index in [4.69, 9.17) is 5.73 Å². The lowest BCUT2D eigenvalue weighted by Crippen LogP contribution is -2.33. The lowest BCUT2D eigenvalue weighted by Gasteiger charge is -2.21. The second-order valence-electron chi connectivity index (χ2n) is 4.15. The van der Waals surface area contributed by atoms with Crippen LogP contribution in [0.5, 0.6) is 0 Å². The molecule has 0 aromatic carbocycles. The third-order valence-electron chi connectivity index (χ3n) is 2.49. The number of nitrogens with one attached hydrogen (secondary N) is 1. The highest BCUT2D eigenvalue weighted by molar-refractivity contribution is 7.10. The van der Waals surface area contributed by atoms with Crippen LogP contribution in [0.4, 0.5) is 0 Å². The van der Waals surface area contributed by atoms with Crippen molar-refractivity contribution in [2.45, 2.75) is 19.4 Å². The second kappa shape index (κ2) is 7.29. The van der Waals surface area contributed by atoms with Crippen LogP contribution < -0.4 is 11.1 Å². The van der Waals surface area contributed by atoms with E-state index < -0.39 is 0 Å². The van der Waals surface area contributed by atoms with Gasteiger partial charge in [-0.1, -0.05) is 13.0 Å². The molecule has 0 saturated carbocycles. The maximum Gasteiger partial charge on any atom is 0.188 e. The molecule has 0 spiro atoms. The molecule has 1 rings (SSSR count). The molecule has 0 aliphatic heterocycles. The number of nitrogens with two attached hydrogens (primary N) is 1. The molecule has 0 aliphatic carbocycles. The van der Waals surface area contributed by atoms with E-state index in [1.54, 1.807) is 11.3 Å². The molecule has 0 aliphatic rings. The van der Waals surface area contributed by atoms with Crippen molar-refractivity contribution in [3.63, 3.8) is 0 Å². The van der Waals surface area contributed by atoms with E-state index in [0.717, 1.165) is 13.0 Å². The first-order chi connectivity index (χ1) is 8.15. The van der Waals surface area contributed by atoms with Crippen molar-refractivity contribution in [3.05, 3.63) is 22.4 Å². The molecule has 0 saturated heterocycles. The molecule has 17 heavy (non-hydrogen) atoms. The summed E-state index contributed by atoms with van der Waals surface area (Å²) >= 11 is 1.76. The summed E-state index contributed by atoms with van der Waals surface area (Å²) in [6.07, 6.45) is 1.05. The summed E-state index contributed by atoms with van der Waals surface area (Å²) in [6, 6.07) is 4.51. The number of hydrogen-bond acceptors (Lipinski definition) is 3. The molecule has 0 fully saturated rings. The zero-order valence-electron chi connectivity index (χ0n) is 10.8. The Morgan fingerprint density at radius 2 is 2.35 bits per heavy atom. The van der Waals surface area contributed by atoms with Crippen molar-refractivity contribution in [1.29, 1.82) is 0 Å². The van der Waals surface area contributed by atoms with Gasteiger partial charge in [0.15, 0.2) is 5.96 Å². The Kier molecular flexibility index (Phi) is 6.00. The summed E-state index contributed by atoms with van der Waals surface area (Å²) in [5, 5.41) is 5.18. The molecule has 0 amide bonds. The van der Waals surface area contributed by atoms with Crippen LogP contribution in [0.1, 0.15) is 24.3 Å². The van der Waals surface area contributed by atoms with Crippen molar-refractivity contribution in [2.75, 3.05) is 27.2 Å². The van der Waals surface area contributed by atoms with Crippen LogP contribution in [0.2, 0.25) is 0 Å². The normalized spacial score (nSPS) is 14.0. The molecule has 0 radical (unpaired) electrons. The van der Waals surface area contributed by atoms with E-state index in [2.05, 4.69) is 53.7 Å². The van der Waals surface area contributed by atoms with Gasteiger partial charge in [-0.2, -0.15) is 0 Å². The minimum Gasteiger partial charge on any atom is -0.370 e. The van der Waals surface area contributed by atoms with E-state index in [1.165, 1.54) is 4.88 Å². The van der Waals surface area contributed by atoms with Gasteiger partial charge in [-0.15, -0.1) is 11.3 Å². The number of aliphatic imine (C=N–C) groups is 1. The predicted molar refractivity (Wildman–Crippen MR) is 75.5 cm³/mol. The fourth-order valence-corrected chi connectivity index (χ4v) is 2.40. The largest absolute Gasteiger partial charge is 0.370 e. The summed E-state index contributed by atoms with van der Waals surface area (Å²) in [7, 11) is 4.13. The van der Waals surface area contributed by atoms with Gasteiger partial charge in [0.1, 0.15) is 0 Å². The van der Waals surface area contributed by atoms with Crippen LogP contribution in [-0.2, 0) is 0 Å². The average Bonchev–Trinajstić information content (AvgIpc) is 2.79. The maximum absolute atomic E-state index is 5.79. The van der Waals surface area contributed by atoms with Crippen molar-refractivity contribution in [1.82, 2.24) is 10.2 Å². The van der Waals surface area contributed by atoms with Crippen LogP contribution in [0, 0.1) is 0 Å². The summed E-state index contributed by atoms with van der Waals surface area (Å²) in [6.45, 7) is 3.67. The van der Waals surface area contributed by atoms with Gasteiger partial charge < -0.3 is 16.0 Å². The topological polar surface area (TPSA) is 53.6 Å². The summed E-state index contributed by atoms with van der Waals surface area (Å²) in [5.74, 6) is 0.537. The molecular formula is C12H22N4S. The Bertz CT molecular complexity index is 332. The van der Waals surface area contributed by atoms with Crippen molar-refractivity contribution in [3.8, 4) is 0 Å². The third-order valence-corrected chi connectivity index (χ3v) is 3.46. The Morgan fingerprint density at radius 1 is 1.59 bits per heavy atom.